The van der Waals surface area contributed by atoms with Crippen LogP contribution in [0, 0.1) is 11.3 Å². The number of thioether (sulfide) groups is 1. The largest absolute Gasteiger partial charge is 0.477 e. The fraction of sp³-hybridized carbons (Fsp3) is 0.625. The highest BCUT2D eigenvalue weighted by molar-refractivity contribution is 8.04. The molecule has 2 saturated heterocycles. The number of β-lactam (4-membered cyclic amide) rings is 1. The number of aliphatic hydroxyl groups excluding tert-OH is 1. The lowest BCUT2D eigenvalue weighted by atomic mass is 9.83. The van der Waals surface area contributed by atoms with Crippen molar-refractivity contribution in [3.8, 4) is 0 Å². The fourth-order valence-corrected chi connectivity index (χ4v) is 5.14. The van der Waals surface area contributed by atoms with Gasteiger partial charge in [-0.25, -0.2) is 4.79 Å². The Morgan fingerprint density at radius 2 is 2.19 bits per heavy atom. The molecule has 3 aliphatic rings. The zero-order chi connectivity index (χ0) is 19.2. The molecule has 0 bridgehead atoms. The summed E-state index contributed by atoms with van der Waals surface area (Å²) in [6.45, 7) is 3.83. The number of rotatable bonds is 6. The summed E-state index contributed by atoms with van der Waals surface area (Å²) in [7, 11) is 0. The molecule has 2 fully saturated rings. The number of nitrogens with one attached hydrogen (secondary N) is 3. The van der Waals surface area contributed by atoms with Gasteiger partial charge in [-0.15, -0.1) is 11.8 Å². The Bertz CT molecular complexity index is 707. The van der Waals surface area contributed by atoms with Gasteiger partial charge in [0.05, 0.1) is 23.3 Å². The van der Waals surface area contributed by atoms with Crippen molar-refractivity contribution in [3.05, 3.63) is 10.6 Å². The summed E-state index contributed by atoms with van der Waals surface area (Å²) in [4.78, 5) is 37.6. The lowest BCUT2D eigenvalue weighted by Gasteiger charge is -2.44. The monoisotopic (exact) mass is 382 g/mol. The van der Waals surface area contributed by atoms with Crippen LogP contribution in [-0.4, -0.2) is 68.7 Å². The molecule has 9 nitrogen and oxygen atoms in total. The summed E-state index contributed by atoms with van der Waals surface area (Å²) in [6, 6.07) is -0.863. The van der Waals surface area contributed by atoms with Crippen molar-refractivity contribution in [1.82, 2.24) is 15.5 Å². The average Bonchev–Trinajstić information content (AvgIpc) is 3.06. The van der Waals surface area contributed by atoms with E-state index in [0.717, 1.165) is 0 Å². The Hall–Kier alpha value is -2.07. The molecule has 3 heterocycles. The normalized spacial score (nSPS) is 31.4. The van der Waals surface area contributed by atoms with E-state index >= 15 is 0 Å². The van der Waals surface area contributed by atoms with Gasteiger partial charge in [-0.05, 0) is 20.3 Å². The van der Waals surface area contributed by atoms with Crippen LogP contribution in [0.3, 0.4) is 0 Å². The van der Waals surface area contributed by atoms with Crippen molar-refractivity contribution in [3.63, 3.8) is 0 Å². The fourth-order valence-electron chi connectivity index (χ4n) is 3.76. The maximum absolute atomic E-state index is 12.2. The Morgan fingerprint density at radius 3 is 2.77 bits per heavy atom. The van der Waals surface area contributed by atoms with E-state index in [0.29, 0.717) is 24.3 Å². The number of carboxylic acid groups (broad SMARTS) is 1. The van der Waals surface area contributed by atoms with Gasteiger partial charge in [-0.2, -0.15) is 0 Å². The van der Waals surface area contributed by atoms with Crippen molar-refractivity contribution in [2.45, 2.75) is 50.1 Å². The maximum atomic E-state index is 12.2. The lowest BCUT2D eigenvalue weighted by molar-refractivity contribution is -0.161. The Morgan fingerprint density at radius 1 is 1.50 bits per heavy atom. The molecule has 10 heteroatoms. The predicted molar refractivity (Wildman–Crippen MR) is 94.4 cm³/mol. The summed E-state index contributed by atoms with van der Waals surface area (Å²) in [5.74, 6) is -2.17. The van der Waals surface area contributed by atoms with E-state index in [9.17, 15) is 24.6 Å². The number of fused-ring (bicyclic) bond motifs is 1. The molecule has 0 aromatic heterocycles. The second-order valence-corrected chi connectivity index (χ2v) is 7.97. The van der Waals surface area contributed by atoms with Gasteiger partial charge in [0.2, 0.25) is 11.8 Å². The molecule has 26 heavy (non-hydrogen) atoms. The van der Waals surface area contributed by atoms with E-state index < -0.39 is 24.0 Å². The first-order valence-electron chi connectivity index (χ1n) is 8.53. The standard InChI is InChI=1S/C16H22N4O5S/c1-3-18-14(22)7-4-10(13(17)19-7)26-9-5-8-11(6(2)21)15(23)20(8)12(9)16(24)25/h6-8,10-11,21H,3-5H2,1-2H3,(H2,17,19)(H,18,22)(H,24,25)/t6-,7+,8-,10?,11-/m1/s1. The molecule has 0 aromatic carbocycles. The van der Waals surface area contributed by atoms with Gasteiger partial charge in [0.1, 0.15) is 17.6 Å². The third-order valence-corrected chi connectivity index (χ3v) is 6.30. The molecular formula is C16H22N4O5S. The van der Waals surface area contributed by atoms with Crippen molar-refractivity contribution in [1.29, 1.82) is 5.41 Å². The minimum absolute atomic E-state index is 0.0591. The molecule has 3 rings (SSSR count). The summed E-state index contributed by atoms with van der Waals surface area (Å²) < 4.78 is 0. The number of hydrogen-bond donors (Lipinski definition) is 5. The van der Waals surface area contributed by atoms with Gasteiger partial charge in [-0.1, -0.05) is 0 Å². The summed E-state index contributed by atoms with van der Waals surface area (Å²) >= 11 is 1.22. The van der Waals surface area contributed by atoms with Crippen LogP contribution in [0.2, 0.25) is 0 Å². The quantitative estimate of drug-likeness (QED) is 0.389. The van der Waals surface area contributed by atoms with Gasteiger partial charge in [0.25, 0.3) is 0 Å². The predicted octanol–water partition coefficient (Wildman–Crippen LogP) is -0.529. The Labute approximate surface area is 154 Å². The highest BCUT2D eigenvalue weighted by atomic mass is 32.2. The third-order valence-electron chi connectivity index (χ3n) is 4.94. The van der Waals surface area contributed by atoms with Gasteiger partial charge >= 0.3 is 5.97 Å². The van der Waals surface area contributed by atoms with Crippen LogP contribution in [0.25, 0.3) is 0 Å². The highest BCUT2D eigenvalue weighted by Gasteiger charge is 2.57. The van der Waals surface area contributed by atoms with E-state index in [4.69, 9.17) is 5.41 Å². The number of likely N-dealkylation sites (N-methyl/N-ethyl adjacent to an activating group) is 1. The van der Waals surface area contributed by atoms with Crippen LogP contribution in [0.15, 0.2) is 10.6 Å². The van der Waals surface area contributed by atoms with Crippen molar-refractivity contribution < 1.29 is 24.6 Å². The molecule has 0 spiro atoms. The van der Waals surface area contributed by atoms with Crippen molar-refractivity contribution in [2.75, 3.05) is 6.54 Å². The zero-order valence-electron chi connectivity index (χ0n) is 14.5. The topological polar surface area (TPSA) is 143 Å². The number of amides is 2. The van der Waals surface area contributed by atoms with E-state index in [2.05, 4.69) is 10.6 Å². The highest BCUT2D eigenvalue weighted by Crippen LogP contribution is 2.48. The van der Waals surface area contributed by atoms with Crippen LogP contribution in [0.4, 0.5) is 0 Å². The summed E-state index contributed by atoms with van der Waals surface area (Å²) in [5.41, 5.74) is -0.0591. The Kier molecular flexibility index (Phi) is 4.98. The molecule has 0 saturated carbocycles. The molecule has 5 N–H and O–H groups in total. The summed E-state index contributed by atoms with van der Waals surface area (Å²) in [6.07, 6.45) is -0.107. The smallest absolute Gasteiger partial charge is 0.353 e. The van der Waals surface area contributed by atoms with E-state index in [-0.39, 0.29) is 34.6 Å². The van der Waals surface area contributed by atoms with Crippen molar-refractivity contribution in [2.24, 2.45) is 5.92 Å². The van der Waals surface area contributed by atoms with Gasteiger partial charge < -0.3 is 25.7 Å². The van der Waals surface area contributed by atoms with E-state index in [1.54, 1.807) is 0 Å². The molecule has 0 aliphatic carbocycles. The molecule has 2 amide bonds. The number of carbonyl (C=O) groups excluding carboxylic acids is 2. The van der Waals surface area contributed by atoms with Gasteiger partial charge in [0.15, 0.2) is 0 Å². The van der Waals surface area contributed by atoms with Crippen LogP contribution >= 0.6 is 11.8 Å². The number of amidine groups is 1. The SMILES string of the molecule is CCNC(=O)[C@@H]1CC(SC2=C(C(=O)O)N3C(=O)[C@H]([C@@H](C)O)[C@H]3C2)C(=N)N1. The average molecular weight is 382 g/mol. The molecule has 0 aromatic rings. The van der Waals surface area contributed by atoms with Crippen LogP contribution in [0.1, 0.15) is 26.7 Å². The molecule has 142 valence electrons. The second kappa shape index (κ2) is 6.92. The molecule has 5 atom stereocenters. The van der Waals surface area contributed by atoms with Crippen LogP contribution < -0.4 is 10.6 Å². The van der Waals surface area contributed by atoms with Crippen LogP contribution in [0.5, 0.6) is 0 Å². The minimum Gasteiger partial charge on any atom is -0.477 e. The number of nitrogens with zero attached hydrogens (tertiary/aromatic N) is 1. The lowest BCUT2D eigenvalue weighted by Crippen LogP contribution is -2.61. The number of aliphatic hydroxyl groups is 1. The number of carboxylic acids is 1. The molecule has 0 radical (unpaired) electrons. The maximum Gasteiger partial charge on any atom is 0.353 e. The van der Waals surface area contributed by atoms with Gasteiger partial charge in [-0.3, -0.25) is 15.0 Å². The second-order valence-electron chi connectivity index (χ2n) is 6.67. The third kappa shape index (κ3) is 2.96. The number of carbonyl (C=O) groups is 3. The first-order valence-corrected chi connectivity index (χ1v) is 9.41. The molecule has 1 unspecified atom stereocenters. The van der Waals surface area contributed by atoms with E-state index in [1.807, 2.05) is 6.92 Å². The van der Waals surface area contributed by atoms with Gasteiger partial charge in [0, 0.05) is 17.9 Å². The molecule has 3 aliphatic heterocycles. The molecular weight excluding hydrogens is 360 g/mol. The first-order chi connectivity index (χ1) is 12.3. The van der Waals surface area contributed by atoms with Crippen LogP contribution in [-0.2, 0) is 14.4 Å². The number of hydrogen-bond acceptors (Lipinski definition) is 6. The minimum atomic E-state index is -1.19. The number of aliphatic carboxylic acids is 1. The van der Waals surface area contributed by atoms with E-state index in [1.165, 1.54) is 23.6 Å². The van der Waals surface area contributed by atoms with Crippen molar-refractivity contribution >= 4 is 35.4 Å². The zero-order valence-corrected chi connectivity index (χ0v) is 15.3. The first kappa shape index (κ1) is 18.7. The summed E-state index contributed by atoms with van der Waals surface area (Å²) in [5, 5.41) is 32.5. The Balaban J connectivity index is 1.75.